The minimum atomic E-state index is -0.162. The van der Waals surface area contributed by atoms with Gasteiger partial charge in [0.2, 0.25) is 0 Å². The number of methoxy groups -OCH3 is 1. The summed E-state index contributed by atoms with van der Waals surface area (Å²) in [7, 11) is 1.40. The second-order valence-electron chi connectivity index (χ2n) is 3.49. The SMILES string of the molecule is COC(=O)CCCNCc1cccc(Cl)c1.Cl. The number of rotatable bonds is 6. The van der Waals surface area contributed by atoms with Crippen molar-refractivity contribution in [3.8, 4) is 0 Å². The molecule has 0 heterocycles. The molecular formula is C12H17Cl2NO2. The Bertz CT molecular complexity index is 345. The van der Waals surface area contributed by atoms with Crippen molar-refractivity contribution in [2.75, 3.05) is 13.7 Å². The van der Waals surface area contributed by atoms with Gasteiger partial charge in [0.25, 0.3) is 0 Å². The Labute approximate surface area is 113 Å². The number of hydrogen-bond acceptors (Lipinski definition) is 3. The quantitative estimate of drug-likeness (QED) is 0.642. The average Bonchev–Trinajstić information content (AvgIpc) is 2.28. The zero-order valence-corrected chi connectivity index (χ0v) is 11.3. The molecule has 0 saturated carbocycles. The molecule has 3 nitrogen and oxygen atoms in total. The third kappa shape index (κ3) is 7.21. The molecule has 0 aliphatic rings. The summed E-state index contributed by atoms with van der Waals surface area (Å²) in [5.74, 6) is -0.162. The molecule has 0 amide bonds. The van der Waals surface area contributed by atoms with Crippen LogP contribution in [0.3, 0.4) is 0 Å². The van der Waals surface area contributed by atoms with E-state index in [1.165, 1.54) is 7.11 Å². The van der Waals surface area contributed by atoms with Crippen LogP contribution < -0.4 is 5.32 Å². The van der Waals surface area contributed by atoms with E-state index in [9.17, 15) is 4.79 Å². The van der Waals surface area contributed by atoms with Gasteiger partial charge in [0, 0.05) is 18.0 Å². The highest BCUT2D eigenvalue weighted by atomic mass is 35.5. The fourth-order valence-electron chi connectivity index (χ4n) is 1.34. The highest BCUT2D eigenvalue weighted by molar-refractivity contribution is 6.30. The summed E-state index contributed by atoms with van der Waals surface area (Å²) >= 11 is 5.86. The van der Waals surface area contributed by atoms with E-state index in [4.69, 9.17) is 11.6 Å². The number of nitrogens with one attached hydrogen (secondary N) is 1. The molecule has 0 atom stereocenters. The second kappa shape index (κ2) is 9.28. The first-order chi connectivity index (χ1) is 7.72. The fraction of sp³-hybridized carbons (Fsp3) is 0.417. The number of halogens is 2. The van der Waals surface area contributed by atoms with Crippen molar-refractivity contribution in [2.24, 2.45) is 0 Å². The summed E-state index contributed by atoms with van der Waals surface area (Å²) in [5, 5.41) is 3.99. The van der Waals surface area contributed by atoms with Gasteiger partial charge in [-0.3, -0.25) is 4.79 Å². The van der Waals surface area contributed by atoms with Crippen LogP contribution in [0.5, 0.6) is 0 Å². The Morgan fingerprint density at radius 3 is 2.88 bits per heavy atom. The highest BCUT2D eigenvalue weighted by Gasteiger charge is 1.99. The monoisotopic (exact) mass is 277 g/mol. The van der Waals surface area contributed by atoms with Gasteiger partial charge in [-0.15, -0.1) is 12.4 Å². The van der Waals surface area contributed by atoms with Crippen LogP contribution in [0.2, 0.25) is 5.02 Å². The number of esters is 1. The van der Waals surface area contributed by atoms with E-state index in [0.29, 0.717) is 6.42 Å². The van der Waals surface area contributed by atoms with Gasteiger partial charge in [0.05, 0.1) is 7.11 Å². The van der Waals surface area contributed by atoms with Crippen molar-refractivity contribution in [1.82, 2.24) is 5.32 Å². The zero-order chi connectivity index (χ0) is 11.8. The van der Waals surface area contributed by atoms with Gasteiger partial charge in [-0.25, -0.2) is 0 Å². The van der Waals surface area contributed by atoms with Crippen molar-refractivity contribution in [2.45, 2.75) is 19.4 Å². The van der Waals surface area contributed by atoms with E-state index < -0.39 is 0 Å². The highest BCUT2D eigenvalue weighted by Crippen LogP contribution is 2.10. The number of benzene rings is 1. The van der Waals surface area contributed by atoms with Crippen LogP contribution in [0.25, 0.3) is 0 Å². The molecule has 0 aliphatic heterocycles. The van der Waals surface area contributed by atoms with E-state index in [2.05, 4.69) is 10.1 Å². The molecule has 0 radical (unpaired) electrons. The van der Waals surface area contributed by atoms with Gasteiger partial charge in [-0.05, 0) is 30.7 Å². The minimum absolute atomic E-state index is 0. The maximum absolute atomic E-state index is 10.8. The molecule has 17 heavy (non-hydrogen) atoms. The lowest BCUT2D eigenvalue weighted by molar-refractivity contribution is -0.140. The molecule has 0 spiro atoms. The first-order valence-electron chi connectivity index (χ1n) is 5.24. The molecule has 5 heteroatoms. The zero-order valence-electron chi connectivity index (χ0n) is 9.74. The lowest BCUT2D eigenvalue weighted by Gasteiger charge is -2.04. The molecule has 0 fully saturated rings. The maximum atomic E-state index is 10.8. The van der Waals surface area contributed by atoms with Crippen LogP contribution >= 0.6 is 24.0 Å². The van der Waals surface area contributed by atoms with Crippen LogP contribution in [0.1, 0.15) is 18.4 Å². The second-order valence-corrected chi connectivity index (χ2v) is 3.92. The topological polar surface area (TPSA) is 38.3 Å². The summed E-state index contributed by atoms with van der Waals surface area (Å²) < 4.78 is 4.55. The van der Waals surface area contributed by atoms with Crippen molar-refractivity contribution < 1.29 is 9.53 Å². The van der Waals surface area contributed by atoms with Gasteiger partial charge in [0.15, 0.2) is 0 Å². The standard InChI is InChI=1S/C12H16ClNO2.ClH/c1-16-12(15)6-3-7-14-9-10-4-2-5-11(13)8-10;/h2,4-5,8,14H,3,6-7,9H2,1H3;1H. The maximum Gasteiger partial charge on any atom is 0.305 e. The van der Waals surface area contributed by atoms with E-state index in [1.54, 1.807) is 0 Å². The van der Waals surface area contributed by atoms with E-state index in [1.807, 2.05) is 24.3 Å². The number of hydrogen-bond donors (Lipinski definition) is 1. The summed E-state index contributed by atoms with van der Waals surface area (Å²) in [6.07, 6.45) is 1.24. The third-order valence-corrected chi connectivity index (χ3v) is 2.42. The van der Waals surface area contributed by atoms with Gasteiger partial charge < -0.3 is 10.1 Å². The van der Waals surface area contributed by atoms with E-state index >= 15 is 0 Å². The van der Waals surface area contributed by atoms with E-state index in [-0.39, 0.29) is 18.4 Å². The van der Waals surface area contributed by atoms with Gasteiger partial charge >= 0.3 is 5.97 Å². The smallest absolute Gasteiger partial charge is 0.305 e. The Morgan fingerprint density at radius 2 is 2.24 bits per heavy atom. The number of carbonyl (C=O) groups is 1. The fourth-order valence-corrected chi connectivity index (χ4v) is 1.55. The van der Waals surface area contributed by atoms with Crippen molar-refractivity contribution in [3.05, 3.63) is 34.9 Å². The lowest BCUT2D eigenvalue weighted by Crippen LogP contribution is -2.16. The predicted molar refractivity (Wildman–Crippen MR) is 71.7 cm³/mol. The van der Waals surface area contributed by atoms with Crippen molar-refractivity contribution >= 4 is 30.0 Å². The molecule has 1 aromatic carbocycles. The van der Waals surface area contributed by atoms with Gasteiger partial charge in [-0.2, -0.15) is 0 Å². The molecule has 96 valence electrons. The summed E-state index contributed by atoms with van der Waals surface area (Å²) in [6, 6.07) is 7.71. The molecule has 0 unspecified atom stereocenters. The van der Waals surface area contributed by atoms with Crippen LogP contribution in [0.15, 0.2) is 24.3 Å². The summed E-state index contributed by atoms with van der Waals surface area (Å²) in [6.45, 7) is 1.56. The van der Waals surface area contributed by atoms with Crippen molar-refractivity contribution in [1.29, 1.82) is 0 Å². The molecule has 1 N–H and O–H groups in total. The minimum Gasteiger partial charge on any atom is -0.469 e. The van der Waals surface area contributed by atoms with Gasteiger partial charge in [-0.1, -0.05) is 23.7 Å². The molecule has 0 aromatic heterocycles. The number of ether oxygens (including phenoxy) is 1. The molecule has 0 bridgehead atoms. The molecule has 1 rings (SSSR count). The van der Waals surface area contributed by atoms with Gasteiger partial charge in [0.1, 0.15) is 0 Å². The van der Waals surface area contributed by atoms with Crippen LogP contribution in [0, 0.1) is 0 Å². The lowest BCUT2D eigenvalue weighted by atomic mass is 10.2. The normalized spacial score (nSPS) is 9.53. The average molecular weight is 278 g/mol. The Balaban J connectivity index is 0.00000256. The first kappa shape index (κ1) is 16.2. The Morgan fingerprint density at radius 1 is 1.47 bits per heavy atom. The Kier molecular flexibility index (Phi) is 8.86. The molecule has 0 saturated heterocycles. The predicted octanol–water partition coefficient (Wildman–Crippen LogP) is 2.80. The Hall–Kier alpha value is -0.770. The van der Waals surface area contributed by atoms with Crippen LogP contribution in [0.4, 0.5) is 0 Å². The largest absolute Gasteiger partial charge is 0.469 e. The first-order valence-corrected chi connectivity index (χ1v) is 5.62. The molecule has 0 aliphatic carbocycles. The molecular weight excluding hydrogens is 261 g/mol. The summed E-state index contributed by atoms with van der Waals surface area (Å²) in [4.78, 5) is 10.8. The summed E-state index contributed by atoms with van der Waals surface area (Å²) in [5.41, 5.74) is 1.14. The van der Waals surface area contributed by atoms with Crippen LogP contribution in [-0.4, -0.2) is 19.6 Å². The van der Waals surface area contributed by atoms with E-state index in [0.717, 1.165) is 30.1 Å². The van der Waals surface area contributed by atoms with Crippen LogP contribution in [-0.2, 0) is 16.1 Å². The molecule has 1 aromatic rings. The third-order valence-electron chi connectivity index (χ3n) is 2.18. The number of carbonyl (C=O) groups excluding carboxylic acids is 1. The van der Waals surface area contributed by atoms with Crippen molar-refractivity contribution in [3.63, 3.8) is 0 Å².